The molecule has 2 unspecified atom stereocenters. The average Bonchev–Trinajstić information content (AvgIpc) is 3.77. The Morgan fingerprint density at radius 1 is 1.27 bits per heavy atom. The van der Waals surface area contributed by atoms with Gasteiger partial charge in [-0.1, -0.05) is 43.9 Å². The number of amides is 1. The number of piperidine rings is 1. The number of carbonyl (C=O) groups is 1. The van der Waals surface area contributed by atoms with Crippen LogP contribution in [-0.4, -0.2) is 50.0 Å². The summed E-state index contributed by atoms with van der Waals surface area (Å²) in [5, 5.41) is 4.55. The molecule has 0 radical (unpaired) electrons. The van der Waals surface area contributed by atoms with Crippen LogP contribution in [0.5, 0.6) is 0 Å². The Morgan fingerprint density at radius 2 is 2.03 bits per heavy atom. The molecular formula is C29H41F2N5O. The number of fused-ring (bicyclic) bond motifs is 2. The Bertz CT molecular complexity index is 2670. The zero-order valence-electron chi connectivity index (χ0n) is 57.1. The molecule has 2 saturated heterocycles. The lowest BCUT2D eigenvalue weighted by Gasteiger charge is -2.40. The third kappa shape index (κ3) is 5.74. The minimum atomic E-state index is -5.93. The summed E-state index contributed by atoms with van der Waals surface area (Å²) in [5.41, 5.74) is -2.29. The molecule has 5 rings (SSSR count). The topological polar surface area (TPSA) is 63.1 Å². The maximum Gasteiger partial charge on any atom is 0.248 e. The zero-order chi connectivity index (χ0) is 60.5. The molecule has 2 aliphatic heterocycles. The normalized spacial score (nSPS) is 61.6. The Kier molecular flexibility index (Phi) is 1.90. The SMILES string of the molecule is [2H]c1c([2H])c([2H])c(C([2H])(N([2H])C(=O)C2([2H])C([2H])([2H])C([2H])([2H])C(F)(F)C([2H])([2H])C2([2H])[2H])C([2H])([2H])C([2H])([2H])N2[C@]3([2H])C([2H])([2H])C[C@]2([2H])C([2H])([2H])C([2H])(n2c(C([2H])([2H])[2H])nnc2C([2H])(C([2H])([2H])[2H])C([2H])([2H])[2H])C3([2H])[2H])c([2H])c1[2H]. The van der Waals surface area contributed by atoms with Crippen LogP contribution in [0.25, 0.3) is 0 Å². The van der Waals surface area contributed by atoms with Crippen molar-refractivity contribution in [3.05, 3.63) is 47.4 Å². The highest BCUT2D eigenvalue weighted by molar-refractivity contribution is 5.79. The first kappa shape index (κ1) is 6.51. The Balaban J connectivity index is 2.01. The van der Waals surface area contributed by atoms with Crippen molar-refractivity contribution in [2.24, 2.45) is 5.89 Å². The van der Waals surface area contributed by atoms with Crippen molar-refractivity contribution in [3.63, 3.8) is 0 Å². The van der Waals surface area contributed by atoms with E-state index in [2.05, 4.69) is 10.2 Å². The first-order valence-electron chi connectivity index (χ1n) is 29.4. The molecule has 1 aromatic carbocycles. The maximum atomic E-state index is 15.6. The van der Waals surface area contributed by atoms with Crippen LogP contribution in [0.4, 0.5) is 8.78 Å². The monoisotopic (exact) mass is 553 g/mol. The molecule has 3 fully saturated rings. The maximum absolute atomic E-state index is 15.6. The van der Waals surface area contributed by atoms with Crippen LogP contribution >= 0.6 is 0 Å². The number of rotatable bonds is 8. The van der Waals surface area contributed by atoms with Gasteiger partial charge in [0.15, 0.2) is 1.41 Å². The Hall–Kier alpha value is -2.35. The number of nitrogens with zero attached hydrogens (tertiary/aromatic N) is 4. The summed E-state index contributed by atoms with van der Waals surface area (Å²) in [7, 11) is 0. The fourth-order valence-corrected chi connectivity index (χ4v) is 3.07. The van der Waals surface area contributed by atoms with E-state index in [1.807, 2.05) is 0 Å². The minimum absolute atomic E-state index is 0.798. The number of aromatic nitrogens is 3. The number of benzene rings is 1. The molecule has 0 spiro atoms. The number of nitrogens with one attached hydrogen (secondary N) is 1. The van der Waals surface area contributed by atoms with E-state index >= 15 is 8.78 Å². The second kappa shape index (κ2) is 10.8. The molecule has 1 saturated carbocycles. The Labute approximate surface area is 274 Å². The average molecular weight is 553 g/mol. The van der Waals surface area contributed by atoms with Crippen molar-refractivity contribution in [1.29, 1.82) is 0 Å². The summed E-state index contributed by atoms with van der Waals surface area (Å²) in [5.74, 6) is -23.4. The van der Waals surface area contributed by atoms with Gasteiger partial charge < -0.3 is 9.88 Å². The van der Waals surface area contributed by atoms with E-state index < -0.39 is 194 Å². The standard InChI is InChI=1S/C29H41F2N5O/c1-19(2)27-34-33-20(3)36(27)25-17-23-9-10-24(18-25)35(23)16-13-26(21-7-5-4-6-8-21)32-28(37)22-11-14-29(30,31)15-12-22/h4-8,19,22-26H,9-18H2,1-3H3,(H,32,37)/t23-,24-,26?/m1/s1/i1D3,2D3,3D3,4D,5D,6D,7D,8D,9D2,11D2,12D2,13D2,14D2,15D2,16D2,17D2,18D2,19D,22D,23D,24D,25D,26D/hD/t23-,24-,25?,26?. The zero-order valence-corrected chi connectivity index (χ0v) is 18.1. The van der Waals surface area contributed by atoms with Crippen molar-refractivity contribution >= 4 is 5.91 Å². The van der Waals surface area contributed by atoms with Crippen LogP contribution < -0.4 is 5.31 Å². The van der Waals surface area contributed by atoms with E-state index in [-0.39, 0.29) is 0 Å². The van der Waals surface area contributed by atoms with Crippen molar-refractivity contribution < 1.29 is 67.1 Å². The summed E-state index contributed by atoms with van der Waals surface area (Å²) in [6.45, 7) is -18.1. The highest BCUT2D eigenvalue weighted by atomic mass is 19.3. The summed E-state index contributed by atoms with van der Waals surface area (Å²) in [6, 6.07) is -28.9. The highest BCUT2D eigenvalue weighted by Crippen LogP contribution is 2.42. The minimum Gasteiger partial charge on any atom is -0.349 e. The third-order valence-electron chi connectivity index (χ3n) is 4.67. The molecule has 8 heteroatoms. The summed E-state index contributed by atoms with van der Waals surface area (Å²) in [4.78, 5) is 13.7. The van der Waals surface area contributed by atoms with Gasteiger partial charge in [-0.15, -0.1) is 10.2 Å². The molecule has 1 aliphatic carbocycles. The fourth-order valence-electron chi connectivity index (χ4n) is 3.07. The second-order valence-electron chi connectivity index (χ2n) is 7.09. The van der Waals surface area contributed by atoms with Gasteiger partial charge in [0.25, 0.3) is 0 Å². The van der Waals surface area contributed by atoms with Crippen LogP contribution in [0, 0.1) is 12.7 Å². The van der Waals surface area contributed by atoms with E-state index in [9.17, 15) is 21.2 Å². The Morgan fingerprint density at radius 3 is 2.76 bits per heavy atom. The molecule has 2 bridgehead atoms. The predicted molar refractivity (Wildman–Crippen MR) is 139 cm³/mol. The number of halogens is 2. The molecule has 3 aliphatic rings. The van der Waals surface area contributed by atoms with E-state index in [1.165, 1.54) is 0 Å². The van der Waals surface area contributed by atoms with Crippen LogP contribution in [0.2, 0.25) is 1.41 Å². The molecule has 37 heavy (non-hydrogen) atoms. The fraction of sp³-hybridized carbons (Fsp3) is 0.690. The number of hydrogen-bond acceptors (Lipinski definition) is 4. The van der Waals surface area contributed by atoms with E-state index in [1.54, 1.807) is 0 Å². The van der Waals surface area contributed by atoms with E-state index in [4.69, 9.17) is 37.1 Å². The lowest BCUT2D eigenvalue weighted by atomic mass is 9.86. The van der Waals surface area contributed by atoms with Gasteiger partial charge in [-0.3, -0.25) is 9.69 Å². The van der Waals surface area contributed by atoms with Crippen LogP contribution in [0.1, 0.15) is 158 Å². The molecule has 202 valence electrons. The smallest absolute Gasteiger partial charge is 0.248 e. The summed E-state index contributed by atoms with van der Waals surface area (Å²) >= 11 is 0. The molecule has 1 N–H and O–H groups in total. The van der Waals surface area contributed by atoms with Gasteiger partial charge in [0.1, 0.15) is 11.6 Å². The number of carbonyl (C=O) groups excluding carboxylic acids is 1. The number of hydrogen-bond donors (Lipinski definition) is 1. The largest absolute Gasteiger partial charge is 0.349 e. The van der Waals surface area contributed by atoms with Crippen molar-refractivity contribution in [2.75, 3.05) is 6.50 Å². The van der Waals surface area contributed by atoms with E-state index in [0.717, 1.165) is 0 Å². The summed E-state index contributed by atoms with van der Waals surface area (Å²) < 4.78 is 368. The lowest BCUT2D eigenvalue weighted by molar-refractivity contribution is -0.130. The summed E-state index contributed by atoms with van der Waals surface area (Å²) in [6.07, 6.45) is -43.2. The highest BCUT2D eigenvalue weighted by Gasteiger charge is 2.42. The van der Waals surface area contributed by atoms with E-state index in [0.29, 0.717) is 0 Å². The van der Waals surface area contributed by atoms with Gasteiger partial charge in [-0.25, -0.2) is 8.78 Å². The van der Waals surface area contributed by atoms with Crippen molar-refractivity contribution in [1.82, 2.24) is 25.0 Å². The number of aryl methyl sites for hydroxylation is 1. The molecular weight excluding hydrogens is 472 g/mol. The van der Waals surface area contributed by atoms with Gasteiger partial charge in [0.2, 0.25) is 11.8 Å². The van der Waals surface area contributed by atoms with Gasteiger partial charge in [0, 0.05) is 91.6 Å². The second-order valence-corrected chi connectivity index (χ2v) is 7.09. The predicted octanol–water partition coefficient (Wildman–Crippen LogP) is 5.95. The molecule has 1 aromatic heterocycles. The van der Waals surface area contributed by atoms with Crippen molar-refractivity contribution in [3.8, 4) is 0 Å². The first-order valence-corrected chi connectivity index (χ1v) is 9.98. The van der Waals surface area contributed by atoms with Crippen LogP contribution in [0.15, 0.2) is 30.2 Å². The van der Waals surface area contributed by atoms with Gasteiger partial charge in [-0.05, 0) is 57.1 Å². The van der Waals surface area contributed by atoms with Crippen LogP contribution in [0.3, 0.4) is 0 Å². The van der Waals surface area contributed by atoms with Gasteiger partial charge >= 0.3 is 0 Å². The molecule has 4 atom stereocenters. The quantitative estimate of drug-likeness (QED) is 0.440. The molecule has 3 heterocycles. The first-order chi connectivity index (χ1) is 32.9. The van der Waals surface area contributed by atoms with Gasteiger partial charge in [-0.2, -0.15) is 0 Å². The van der Waals surface area contributed by atoms with Crippen molar-refractivity contribution in [2.45, 2.75) is 114 Å². The molecule has 2 aromatic rings. The molecule has 6 nitrogen and oxygen atoms in total. The number of alkyl halides is 2. The van der Waals surface area contributed by atoms with Gasteiger partial charge in [0.05, 0.1) is 15.6 Å². The molecule has 1 amide bonds. The van der Waals surface area contributed by atoms with Crippen LogP contribution in [-0.2, 0) is 4.79 Å². The third-order valence-corrected chi connectivity index (χ3v) is 4.67. The lowest BCUT2D eigenvalue weighted by Crippen LogP contribution is -2.45.